The van der Waals surface area contributed by atoms with Crippen molar-refractivity contribution in [3.05, 3.63) is 27.6 Å². The standard InChI is InChI=1S/C15H16FIN2O2/c1-9-14(20)18-7-3-2-4-13(18)15(21)19(9)12-6-5-10(16)8-11(12)17/h5-6,8-9,13H,2-4,7H2,1H3. The molecule has 3 rings (SSSR count). The van der Waals surface area contributed by atoms with Gasteiger partial charge in [-0.15, -0.1) is 0 Å². The van der Waals surface area contributed by atoms with Crippen molar-refractivity contribution >= 4 is 40.1 Å². The summed E-state index contributed by atoms with van der Waals surface area (Å²) in [5.74, 6) is -0.406. The summed E-state index contributed by atoms with van der Waals surface area (Å²) in [5.41, 5.74) is 0.619. The lowest BCUT2D eigenvalue weighted by Gasteiger charge is -2.46. The Balaban J connectivity index is 2.01. The van der Waals surface area contributed by atoms with Crippen LogP contribution in [0.1, 0.15) is 26.2 Å². The van der Waals surface area contributed by atoms with E-state index in [0.717, 1.165) is 12.8 Å². The van der Waals surface area contributed by atoms with E-state index in [9.17, 15) is 14.0 Å². The second-order valence-corrected chi connectivity index (χ2v) is 6.69. The number of anilines is 1. The summed E-state index contributed by atoms with van der Waals surface area (Å²) in [5, 5.41) is 0. The van der Waals surface area contributed by atoms with Gasteiger partial charge in [0, 0.05) is 10.1 Å². The van der Waals surface area contributed by atoms with Gasteiger partial charge in [-0.05, 0) is 67.0 Å². The van der Waals surface area contributed by atoms with Gasteiger partial charge in [0.25, 0.3) is 5.91 Å². The highest BCUT2D eigenvalue weighted by Crippen LogP contribution is 2.32. The molecule has 0 bridgehead atoms. The van der Waals surface area contributed by atoms with E-state index in [-0.39, 0.29) is 23.7 Å². The molecule has 0 saturated carbocycles. The molecule has 0 N–H and O–H groups in total. The monoisotopic (exact) mass is 402 g/mol. The van der Waals surface area contributed by atoms with Gasteiger partial charge in [-0.2, -0.15) is 0 Å². The van der Waals surface area contributed by atoms with E-state index in [4.69, 9.17) is 0 Å². The molecule has 6 heteroatoms. The third-order valence-electron chi connectivity index (χ3n) is 4.22. The summed E-state index contributed by atoms with van der Waals surface area (Å²) < 4.78 is 13.9. The van der Waals surface area contributed by atoms with Gasteiger partial charge in [0.2, 0.25) is 5.91 Å². The summed E-state index contributed by atoms with van der Waals surface area (Å²) >= 11 is 2.00. The van der Waals surface area contributed by atoms with Crippen LogP contribution in [0.5, 0.6) is 0 Å². The van der Waals surface area contributed by atoms with Gasteiger partial charge < -0.3 is 4.90 Å². The molecule has 2 saturated heterocycles. The van der Waals surface area contributed by atoms with Gasteiger partial charge in [0.15, 0.2) is 0 Å². The van der Waals surface area contributed by atoms with E-state index in [0.29, 0.717) is 22.2 Å². The van der Waals surface area contributed by atoms with Crippen molar-refractivity contribution in [1.82, 2.24) is 4.90 Å². The van der Waals surface area contributed by atoms with Crippen LogP contribution in [-0.2, 0) is 9.59 Å². The lowest BCUT2D eigenvalue weighted by molar-refractivity contribution is -0.147. The van der Waals surface area contributed by atoms with Gasteiger partial charge >= 0.3 is 0 Å². The molecule has 1 aromatic rings. The first kappa shape index (κ1) is 14.7. The molecule has 2 amide bonds. The predicted molar refractivity (Wildman–Crippen MR) is 85.4 cm³/mol. The number of amides is 2. The van der Waals surface area contributed by atoms with E-state index in [1.807, 2.05) is 22.6 Å². The first-order valence-corrected chi connectivity index (χ1v) is 8.17. The molecule has 2 unspecified atom stereocenters. The topological polar surface area (TPSA) is 40.6 Å². The molecule has 0 spiro atoms. The van der Waals surface area contributed by atoms with Gasteiger partial charge in [-0.3, -0.25) is 14.5 Å². The fraction of sp³-hybridized carbons (Fsp3) is 0.467. The zero-order valence-corrected chi connectivity index (χ0v) is 13.8. The van der Waals surface area contributed by atoms with Crippen LogP contribution in [0, 0.1) is 9.39 Å². The average Bonchev–Trinajstić information content (AvgIpc) is 2.47. The molecule has 0 radical (unpaired) electrons. The van der Waals surface area contributed by atoms with E-state index in [1.165, 1.54) is 17.0 Å². The minimum Gasteiger partial charge on any atom is -0.329 e. The molecule has 0 aliphatic carbocycles. The van der Waals surface area contributed by atoms with Crippen molar-refractivity contribution in [3.8, 4) is 0 Å². The molecule has 2 fully saturated rings. The van der Waals surface area contributed by atoms with Gasteiger partial charge in [0.1, 0.15) is 17.9 Å². The summed E-state index contributed by atoms with van der Waals surface area (Å²) in [7, 11) is 0. The van der Waals surface area contributed by atoms with E-state index in [2.05, 4.69) is 0 Å². The van der Waals surface area contributed by atoms with Crippen molar-refractivity contribution in [3.63, 3.8) is 0 Å². The Morgan fingerprint density at radius 3 is 2.71 bits per heavy atom. The minimum atomic E-state index is -0.536. The maximum absolute atomic E-state index is 13.3. The maximum Gasteiger partial charge on any atom is 0.250 e. The number of piperazine rings is 1. The van der Waals surface area contributed by atoms with Crippen LogP contribution < -0.4 is 4.90 Å². The minimum absolute atomic E-state index is 0.0144. The van der Waals surface area contributed by atoms with Crippen LogP contribution in [0.2, 0.25) is 0 Å². The van der Waals surface area contributed by atoms with Gasteiger partial charge in [-0.1, -0.05) is 0 Å². The molecule has 2 aliphatic heterocycles. The Morgan fingerprint density at radius 1 is 1.24 bits per heavy atom. The lowest BCUT2D eigenvalue weighted by atomic mass is 9.95. The van der Waals surface area contributed by atoms with Crippen molar-refractivity contribution in [2.24, 2.45) is 0 Å². The molecule has 2 heterocycles. The average molecular weight is 402 g/mol. The smallest absolute Gasteiger partial charge is 0.250 e. The number of benzene rings is 1. The van der Waals surface area contributed by atoms with Crippen LogP contribution in [0.15, 0.2) is 18.2 Å². The molecular weight excluding hydrogens is 386 g/mol. The Kier molecular flexibility index (Phi) is 3.90. The van der Waals surface area contributed by atoms with Crippen LogP contribution in [0.4, 0.5) is 10.1 Å². The zero-order chi connectivity index (χ0) is 15.1. The van der Waals surface area contributed by atoms with Crippen LogP contribution in [0.25, 0.3) is 0 Å². The number of carbonyl (C=O) groups is 2. The maximum atomic E-state index is 13.3. The van der Waals surface area contributed by atoms with E-state index < -0.39 is 6.04 Å². The highest BCUT2D eigenvalue weighted by atomic mass is 127. The quantitative estimate of drug-likeness (QED) is 0.678. The second kappa shape index (κ2) is 5.55. The number of piperidine rings is 1. The largest absolute Gasteiger partial charge is 0.329 e. The molecule has 4 nitrogen and oxygen atoms in total. The molecule has 21 heavy (non-hydrogen) atoms. The molecule has 1 aromatic carbocycles. The highest BCUT2D eigenvalue weighted by Gasteiger charge is 2.45. The fourth-order valence-corrected chi connectivity index (χ4v) is 3.90. The Bertz CT molecular complexity index is 607. The number of nitrogens with zero attached hydrogens (tertiary/aromatic N) is 2. The molecule has 2 atom stereocenters. The number of hydrogen-bond acceptors (Lipinski definition) is 2. The Morgan fingerprint density at radius 2 is 2.00 bits per heavy atom. The van der Waals surface area contributed by atoms with Gasteiger partial charge in [-0.25, -0.2) is 4.39 Å². The fourth-order valence-electron chi connectivity index (χ4n) is 3.16. The number of carbonyl (C=O) groups excluding carboxylic acids is 2. The first-order chi connectivity index (χ1) is 10.0. The van der Waals surface area contributed by atoms with E-state index in [1.54, 1.807) is 17.9 Å². The Hall–Kier alpha value is -1.18. The highest BCUT2D eigenvalue weighted by molar-refractivity contribution is 14.1. The van der Waals surface area contributed by atoms with Gasteiger partial charge in [0.05, 0.1) is 5.69 Å². The summed E-state index contributed by atoms with van der Waals surface area (Å²) in [6.45, 7) is 2.40. The lowest BCUT2D eigenvalue weighted by Crippen LogP contribution is -2.65. The van der Waals surface area contributed by atoms with Crippen LogP contribution in [-0.4, -0.2) is 35.3 Å². The van der Waals surface area contributed by atoms with Crippen molar-refractivity contribution in [2.75, 3.05) is 11.4 Å². The molecule has 0 aromatic heterocycles. The van der Waals surface area contributed by atoms with Crippen LogP contribution in [0.3, 0.4) is 0 Å². The van der Waals surface area contributed by atoms with Crippen molar-refractivity contribution < 1.29 is 14.0 Å². The Labute approximate surface area is 136 Å². The summed E-state index contributed by atoms with van der Waals surface area (Å²) in [6, 6.07) is 3.40. The number of fused-ring (bicyclic) bond motifs is 1. The summed E-state index contributed by atoms with van der Waals surface area (Å²) in [6.07, 6.45) is 2.63. The summed E-state index contributed by atoms with van der Waals surface area (Å²) in [4.78, 5) is 28.6. The number of rotatable bonds is 1. The number of hydrogen-bond donors (Lipinski definition) is 0. The normalized spacial score (nSPS) is 26.0. The SMILES string of the molecule is CC1C(=O)N2CCCCC2C(=O)N1c1ccc(F)cc1I. The predicted octanol–water partition coefficient (Wildman–Crippen LogP) is 2.55. The first-order valence-electron chi connectivity index (χ1n) is 7.09. The van der Waals surface area contributed by atoms with E-state index >= 15 is 0 Å². The third kappa shape index (κ3) is 2.43. The molecular formula is C15H16FIN2O2. The van der Waals surface area contributed by atoms with Crippen LogP contribution >= 0.6 is 22.6 Å². The van der Waals surface area contributed by atoms with Crippen molar-refractivity contribution in [1.29, 1.82) is 0 Å². The zero-order valence-electron chi connectivity index (χ0n) is 11.7. The molecule has 112 valence electrons. The van der Waals surface area contributed by atoms with Crippen molar-refractivity contribution in [2.45, 2.75) is 38.3 Å². The molecule has 2 aliphatic rings. The third-order valence-corrected chi connectivity index (χ3v) is 5.09. The number of halogens is 2. The second-order valence-electron chi connectivity index (χ2n) is 5.52.